The maximum absolute atomic E-state index is 14.3. The van der Waals surface area contributed by atoms with Crippen molar-refractivity contribution in [1.82, 2.24) is 15.6 Å². The van der Waals surface area contributed by atoms with Crippen LogP contribution in [-0.4, -0.2) is 23.5 Å². The maximum atomic E-state index is 14.3. The van der Waals surface area contributed by atoms with Crippen molar-refractivity contribution in [2.24, 2.45) is 5.73 Å². The molecule has 3 amide bonds. The van der Waals surface area contributed by atoms with Crippen LogP contribution in [0.15, 0.2) is 79.0 Å². The summed E-state index contributed by atoms with van der Waals surface area (Å²) < 4.78 is 14.3. The van der Waals surface area contributed by atoms with E-state index in [2.05, 4.69) is 15.6 Å². The van der Waals surface area contributed by atoms with E-state index in [4.69, 9.17) is 17.3 Å². The van der Waals surface area contributed by atoms with Gasteiger partial charge in [0.25, 0.3) is 0 Å². The van der Waals surface area contributed by atoms with Crippen LogP contribution in [0.2, 0.25) is 5.02 Å². The molecule has 0 unspecified atom stereocenters. The molecule has 4 rings (SSSR count). The minimum atomic E-state index is -0.898. The highest BCUT2D eigenvalue weighted by molar-refractivity contribution is 6.31. The number of para-hydroxylation sites is 1. The Morgan fingerprint density at radius 1 is 0.941 bits per heavy atom. The van der Waals surface area contributed by atoms with Gasteiger partial charge in [-0.15, -0.1) is 0 Å². The lowest BCUT2D eigenvalue weighted by molar-refractivity contribution is -0.121. The lowest BCUT2D eigenvalue weighted by Gasteiger charge is -2.21. The first-order valence-corrected chi connectivity index (χ1v) is 11.2. The molecular formula is C26H24ClFN4O2. The first kappa shape index (κ1) is 23.3. The Morgan fingerprint density at radius 3 is 2.35 bits per heavy atom. The minimum Gasteiger partial charge on any atom is -0.361 e. The molecule has 8 heteroatoms. The lowest BCUT2D eigenvalue weighted by Crippen LogP contribution is -2.38. The Balaban J connectivity index is 1.57. The molecule has 0 fully saturated rings. The van der Waals surface area contributed by atoms with Crippen LogP contribution in [0.25, 0.3) is 10.9 Å². The molecule has 0 spiro atoms. The van der Waals surface area contributed by atoms with Gasteiger partial charge in [0.1, 0.15) is 5.82 Å². The number of carbonyl (C=O) groups excluding carboxylic acids is 2. The summed E-state index contributed by atoms with van der Waals surface area (Å²) in [6.45, 7) is 0.255. The van der Waals surface area contributed by atoms with Gasteiger partial charge in [-0.25, -0.2) is 9.18 Å². The van der Waals surface area contributed by atoms with Crippen molar-refractivity contribution < 1.29 is 14.0 Å². The third kappa shape index (κ3) is 5.21. The van der Waals surface area contributed by atoms with E-state index < -0.39 is 17.9 Å². The Bertz CT molecular complexity index is 1320. The summed E-state index contributed by atoms with van der Waals surface area (Å²) in [5.74, 6) is -1.12. The zero-order valence-corrected chi connectivity index (χ0v) is 19.0. The fourth-order valence-corrected chi connectivity index (χ4v) is 4.44. The second-order valence-corrected chi connectivity index (χ2v) is 8.36. The maximum Gasteiger partial charge on any atom is 0.312 e. The molecule has 174 valence electrons. The first-order chi connectivity index (χ1) is 16.4. The SMILES string of the molecule is NC(=O)N[C@H](CC(=O)NC[C@H](c1ccccc1Cl)c1c[nH]c2ccccc12)c1ccccc1F. The molecule has 6 nitrogen and oxygen atoms in total. The van der Waals surface area contributed by atoms with Crippen LogP contribution in [0.3, 0.4) is 0 Å². The van der Waals surface area contributed by atoms with Crippen LogP contribution in [0, 0.1) is 5.82 Å². The lowest BCUT2D eigenvalue weighted by atomic mass is 9.90. The van der Waals surface area contributed by atoms with Gasteiger partial charge in [0.05, 0.1) is 12.5 Å². The van der Waals surface area contributed by atoms with Crippen molar-refractivity contribution in [1.29, 1.82) is 0 Å². The number of amides is 3. The molecule has 1 aromatic heterocycles. The summed E-state index contributed by atoms with van der Waals surface area (Å²) in [4.78, 5) is 27.7. The van der Waals surface area contributed by atoms with E-state index in [1.807, 2.05) is 54.7 Å². The number of aromatic nitrogens is 1. The smallest absolute Gasteiger partial charge is 0.312 e. The molecule has 4 aromatic rings. The van der Waals surface area contributed by atoms with Crippen LogP contribution in [0.4, 0.5) is 9.18 Å². The van der Waals surface area contributed by atoms with Crippen LogP contribution in [0.5, 0.6) is 0 Å². The number of nitrogens with one attached hydrogen (secondary N) is 3. The van der Waals surface area contributed by atoms with Crippen molar-refractivity contribution >= 4 is 34.4 Å². The van der Waals surface area contributed by atoms with Crippen molar-refractivity contribution in [3.63, 3.8) is 0 Å². The number of primary amides is 1. The molecule has 0 radical (unpaired) electrons. The number of aromatic amines is 1. The molecule has 0 aliphatic rings. The molecule has 0 aliphatic carbocycles. The van der Waals surface area contributed by atoms with E-state index >= 15 is 0 Å². The van der Waals surface area contributed by atoms with Gasteiger partial charge in [-0.1, -0.05) is 66.2 Å². The van der Waals surface area contributed by atoms with E-state index in [1.165, 1.54) is 18.2 Å². The summed E-state index contributed by atoms with van der Waals surface area (Å²) in [6, 6.07) is 19.6. The molecule has 3 aromatic carbocycles. The number of rotatable bonds is 8. The van der Waals surface area contributed by atoms with Crippen LogP contribution < -0.4 is 16.4 Å². The molecule has 2 atom stereocenters. The first-order valence-electron chi connectivity index (χ1n) is 10.8. The van der Waals surface area contributed by atoms with E-state index in [9.17, 15) is 14.0 Å². The number of hydrogen-bond acceptors (Lipinski definition) is 2. The summed E-state index contributed by atoms with van der Waals surface area (Å²) in [7, 11) is 0. The predicted molar refractivity (Wildman–Crippen MR) is 131 cm³/mol. The van der Waals surface area contributed by atoms with Gasteiger partial charge >= 0.3 is 6.03 Å². The number of fused-ring (bicyclic) bond motifs is 1. The van der Waals surface area contributed by atoms with Gasteiger partial charge in [-0.3, -0.25) is 4.79 Å². The van der Waals surface area contributed by atoms with Crippen molar-refractivity contribution in [3.05, 3.63) is 107 Å². The average molecular weight is 479 g/mol. The van der Waals surface area contributed by atoms with E-state index in [0.29, 0.717) is 5.02 Å². The molecule has 0 bridgehead atoms. The monoisotopic (exact) mass is 478 g/mol. The van der Waals surface area contributed by atoms with Gasteiger partial charge < -0.3 is 21.4 Å². The van der Waals surface area contributed by atoms with Crippen LogP contribution >= 0.6 is 11.6 Å². The molecule has 0 aliphatic heterocycles. The van der Waals surface area contributed by atoms with Gasteiger partial charge in [0.2, 0.25) is 5.91 Å². The van der Waals surface area contributed by atoms with Gasteiger partial charge in [-0.05, 0) is 29.3 Å². The zero-order valence-electron chi connectivity index (χ0n) is 18.2. The number of nitrogens with two attached hydrogens (primary N) is 1. The quantitative estimate of drug-likeness (QED) is 0.286. The largest absolute Gasteiger partial charge is 0.361 e. The highest BCUT2D eigenvalue weighted by atomic mass is 35.5. The van der Waals surface area contributed by atoms with Gasteiger partial charge in [-0.2, -0.15) is 0 Å². The average Bonchev–Trinajstić information content (AvgIpc) is 3.24. The summed E-state index contributed by atoms with van der Waals surface area (Å²) in [5.41, 5.74) is 8.30. The fourth-order valence-electron chi connectivity index (χ4n) is 4.17. The van der Waals surface area contributed by atoms with Gasteiger partial charge in [0.15, 0.2) is 0 Å². The Hall–Kier alpha value is -3.84. The molecule has 5 N–H and O–H groups in total. The molecule has 1 heterocycles. The molecule has 0 saturated carbocycles. The number of H-pyrrole nitrogens is 1. The molecule has 0 saturated heterocycles. The van der Waals surface area contributed by atoms with Crippen molar-refractivity contribution in [3.8, 4) is 0 Å². The fraction of sp³-hybridized carbons (Fsp3) is 0.154. The summed E-state index contributed by atoms with van der Waals surface area (Å²) in [6.07, 6.45) is 1.74. The predicted octanol–water partition coefficient (Wildman–Crippen LogP) is 5.01. The summed E-state index contributed by atoms with van der Waals surface area (Å²) >= 11 is 6.52. The number of halogens is 2. The Kier molecular flexibility index (Phi) is 7.13. The topological polar surface area (TPSA) is 100 Å². The highest BCUT2D eigenvalue weighted by Crippen LogP contribution is 2.34. The van der Waals surface area contributed by atoms with E-state index in [-0.39, 0.29) is 30.4 Å². The highest BCUT2D eigenvalue weighted by Gasteiger charge is 2.24. The normalized spacial score (nSPS) is 12.8. The van der Waals surface area contributed by atoms with Crippen LogP contribution in [0.1, 0.15) is 35.1 Å². The van der Waals surface area contributed by atoms with Crippen molar-refractivity contribution in [2.75, 3.05) is 6.54 Å². The number of carbonyl (C=O) groups is 2. The van der Waals surface area contributed by atoms with Crippen LogP contribution in [-0.2, 0) is 4.79 Å². The van der Waals surface area contributed by atoms with Crippen molar-refractivity contribution in [2.45, 2.75) is 18.4 Å². The second kappa shape index (κ2) is 10.4. The third-order valence-electron chi connectivity index (χ3n) is 5.77. The van der Waals surface area contributed by atoms with E-state index in [0.717, 1.165) is 22.0 Å². The minimum absolute atomic E-state index is 0.174. The third-order valence-corrected chi connectivity index (χ3v) is 6.11. The zero-order chi connectivity index (χ0) is 24.1. The van der Waals surface area contributed by atoms with Gasteiger partial charge in [0, 0.05) is 40.1 Å². The summed E-state index contributed by atoms with van der Waals surface area (Å²) in [5, 5.41) is 7.01. The van der Waals surface area contributed by atoms with E-state index in [1.54, 1.807) is 6.07 Å². The standard InChI is InChI=1S/C26H24ClFN4O2/c27-21-10-4-1-7-16(21)19(20-14-30-23-12-6-3-8-17(20)23)15-31-25(33)13-24(32-26(29)34)18-9-2-5-11-22(18)28/h1-12,14,19,24,30H,13,15H2,(H,31,33)(H3,29,32,34)/t19-,24-/m1/s1. The Morgan fingerprint density at radius 2 is 1.62 bits per heavy atom. The number of urea groups is 1. The second-order valence-electron chi connectivity index (χ2n) is 7.95. The molecular weight excluding hydrogens is 455 g/mol. The molecule has 34 heavy (non-hydrogen) atoms. The number of hydrogen-bond donors (Lipinski definition) is 4. The Labute approximate surface area is 201 Å². The number of benzene rings is 3.